The highest BCUT2D eigenvalue weighted by Gasteiger charge is 2.24. The monoisotopic (exact) mass is 257 g/mol. The van der Waals surface area contributed by atoms with Gasteiger partial charge in [-0.25, -0.2) is 4.39 Å². The summed E-state index contributed by atoms with van der Waals surface area (Å²) in [4.78, 5) is 0. The fraction of sp³-hybridized carbons (Fsp3) is 0.571. The van der Waals surface area contributed by atoms with E-state index in [0.717, 1.165) is 19.4 Å². The van der Waals surface area contributed by atoms with Crippen molar-refractivity contribution in [1.29, 1.82) is 0 Å². The van der Waals surface area contributed by atoms with E-state index in [1.807, 2.05) is 12.1 Å². The molecule has 0 aromatic heterocycles. The molecule has 0 radical (unpaired) electrons. The van der Waals surface area contributed by atoms with Crippen molar-refractivity contribution in [1.82, 2.24) is 5.32 Å². The summed E-state index contributed by atoms with van der Waals surface area (Å²) in [6.07, 6.45) is 2.08. The standard InChI is InChI=1S/C14H21ClFN/c1-3-14(4-2,10-15)11-17-9-12-7-5-6-8-13(12)16/h5-8,17H,3-4,9-11H2,1-2H3. The van der Waals surface area contributed by atoms with Gasteiger partial charge in [-0.05, 0) is 24.3 Å². The Morgan fingerprint density at radius 3 is 2.41 bits per heavy atom. The van der Waals surface area contributed by atoms with Crippen LogP contribution in [-0.2, 0) is 6.54 Å². The minimum atomic E-state index is -0.149. The number of benzene rings is 1. The molecule has 0 atom stereocenters. The molecule has 0 aliphatic carbocycles. The number of hydrogen-bond acceptors (Lipinski definition) is 1. The van der Waals surface area contributed by atoms with E-state index in [4.69, 9.17) is 11.6 Å². The summed E-state index contributed by atoms with van der Waals surface area (Å²) in [6, 6.07) is 6.86. The Kier molecular flexibility index (Phi) is 5.93. The van der Waals surface area contributed by atoms with Gasteiger partial charge in [0.15, 0.2) is 0 Å². The Morgan fingerprint density at radius 2 is 1.88 bits per heavy atom. The Labute approximate surface area is 108 Å². The van der Waals surface area contributed by atoms with Crippen LogP contribution in [0.2, 0.25) is 0 Å². The first-order chi connectivity index (χ1) is 8.17. The average Bonchev–Trinajstić information content (AvgIpc) is 2.37. The normalized spacial score (nSPS) is 11.8. The zero-order valence-electron chi connectivity index (χ0n) is 10.6. The van der Waals surface area contributed by atoms with Crippen molar-refractivity contribution in [2.45, 2.75) is 33.2 Å². The minimum absolute atomic E-state index is 0.132. The fourth-order valence-corrected chi connectivity index (χ4v) is 2.31. The largest absolute Gasteiger partial charge is 0.312 e. The number of hydrogen-bond donors (Lipinski definition) is 1. The number of halogens is 2. The summed E-state index contributed by atoms with van der Waals surface area (Å²) in [5.41, 5.74) is 0.843. The Hall–Kier alpha value is -0.600. The van der Waals surface area contributed by atoms with E-state index in [1.165, 1.54) is 6.07 Å². The summed E-state index contributed by atoms with van der Waals surface area (Å²) < 4.78 is 13.4. The second-order valence-corrected chi connectivity index (χ2v) is 4.80. The maximum absolute atomic E-state index is 13.4. The van der Waals surface area contributed by atoms with Crippen molar-refractivity contribution < 1.29 is 4.39 Å². The van der Waals surface area contributed by atoms with Gasteiger partial charge in [0.05, 0.1) is 0 Å². The van der Waals surface area contributed by atoms with Gasteiger partial charge in [-0.2, -0.15) is 0 Å². The Morgan fingerprint density at radius 1 is 1.24 bits per heavy atom. The molecule has 0 unspecified atom stereocenters. The highest BCUT2D eigenvalue weighted by atomic mass is 35.5. The van der Waals surface area contributed by atoms with Gasteiger partial charge in [-0.1, -0.05) is 32.0 Å². The lowest BCUT2D eigenvalue weighted by atomic mass is 9.84. The summed E-state index contributed by atoms with van der Waals surface area (Å²) in [6.45, 7) is 5.69. The van der Waals surface area contributed by atoms with E-state index in [9.17, 15) is 4.39 Å². The highest BCUT2D eigenvalue weighted by molar-refractivity contribution is 6.18. The third-order valence-electron chi connectivity index (χ3n) is 3.56. The molecule has 1 aromatic carbocycles. The van der Waals surface area contributed by atoms with Crippen LogP contribution < -0.4 is 5.32 Å². The molecule has 1 N–H and O–H groups in total. The van der Waals surface area contributed by atoms with Gasteiger partial charge in [-0.3, -0.25) is 0 Å². The molecule has 17 heavy (non-hydrogen) atoms. The first kappa shape index (κ1) is 14.5. The zero-order chi connectivity index (χ0) is 12.7. The molecule has 3 heteroatoms. The van der Waals surface area contributed by atoms with Crippen LogP contribution in [0.5, 0.6) is 0 Å². The van der Waals surface area contributed by atoms with Crippen LogP contribution in [0, 0.1) is 11.2 Å². The van der Waals surface area contributed by atoms with Crippen molar-refractivity contribution in [3.05, 3.63) is 35.6 Å². The molecular formula is C14H21ClFN. The van der Waals surface area contributed by atoms with E-state index < -0.39 is 0 Å². The highest BCUT2D eigenvalue weighted by Crippen LogP contribution is 2.27. The lowest BCUT2D eigenvalue weighted by molar-refractivity contribution is 0.285. The van der Waals surface area contributed by atoms with Crippen molar-refractivity contribution in [2.24, 2.45) is 5.41 Å². The van der Waals surface area contributed by atoms with Crippen molar-refractivity contribution >= 4 is 11.6 Å². The van der Waals surface area contributed by atoms with Gasteiger partial charge in [0.25, 0.3) is 0 Å². The quantitative estimate of drug-likeness (QED) is 0.729. The molecule has 96 valence electrons. The first-order valence-corrected chi connectivity index (χ1v) is 6.71. The minimum Gasteiger partial charge on any atom is -0.312 e. The van der Waals surface area contributed by atoms with Crippen LogP contribution in [0.4, 0.5) is 4.39 Å². The van der Waals surface area contributed by atoms with Crippen LogP contribution >= 0.6 is 11.6 Å². The molecule has 1 rings (SSSR count). The SMILES string of the molecule is CCC(CC)(CCl)CNCc1ccccc1F. The fourth-order valence-electron chi connectivity index (χ4n) is 1.84. The molecule has 0 spiro atoms. The van der Waals surface area contributed by atoms with E-state index in [2.05, 4.69) is 19.2 Å². The van der Waals surface area contributed by atoms with Gasteiger partial charge in [0.2, 0.25) is 0 Å². The molecule has 0 bridgehead atoms. The van der Waals surface area contributed by atoms with E-state index >= 15 is 0 Å². The predicted octanol–water partition coefficient (Wildman–Crippen LogP) is 3.96. The summed E-state index contributed by atoms with van der Waals surface area (Å²) in [5, 5.41) is 3.31. The molecule has 0 aliphatic heterocycles. The van der Waals surface area contributed by atoms with Crippen LogP contribution in [0.15, 0.2) is 24.3 Å². The second-order valence-electron chi connectivity index (χ2n) is 4.54. The van der Waals surface area contributed by atoms with Gasteiger partial charge in [-0.15, -0.1) is 11.6 Å². The van der Waals surface area contributed by atoms with Gasteiger partial charge in [0, 0.05) is 24.5 Å². The van der Waals surface area contributed by atoms with Crippen molar-refractivity contribution in [3.8, 4) is 0 Å². The van der Waals surface area contributed by atoms with Gasteiger partial charge >= 0.3 is 0 Å². The lowest BCUT2D eigenvalue weighted by Gasteiger charge is -2.29. The molecule has 1 aromatic rings. The number of rotatable bonds is 7. The van der Waals surface area contributed by atoms with Crippen LogP contribution in [0.3, 0.4) is 0 Å². The van der Waals surface area contributed by atoms with Crippen molar-refractivity contribution in [2.75, 3.05) is 12.4 Å². The average molecular weight is 258 g/mol. The molecule has 0 fully saturated rings. The zero-order valence-corrected chi connectivity index (χ0v) is 11.4. The molecule has 0 saturated carbocycles. The number of nitrogens with one attached hydrogen (secondary N) is 1. The van der Waals surface area contributed by atoms with Crippen LogP contribution in [0.1, 0.15) is 32.3 Å². The van der Waals surface area contributed by atoms with Gasteiger partial charge in [0.1, 0.15) is 5.82 Å². The molecular weight excluding hydrogens is 237 g/mol. The van der Waals surface area contributed by atoms with Gasteiger partial charge < -0.3 is 5.32 Å². The topological polar surface area (TPSA) is 12.0 Å². The third-order valence-corrected chi connectivity index (χ3v) is 4.12. The number of alkyl halides is 1. The molecule has 1 nitrogen and oxygen atoms in total. The lowest BCUT2D eigenvalue weighted by Crippen LogP contribution is -2.34. The van der Waals surface area contributed by atoms with E-state index in [0.29, 0.717) is 18.0 Å². The van der Waals surface area contributed by atoms with E-state index in [1.54, 1.807) is 6.07 Å². The molecule has 0 aliphatic rings. The maximum atomic E-state index is 13.4. The van der Waals surface area contributed by atoms with E-state index in [-0.39, 0.29) is 11.2 Å². The first-order valence-electron chi connectivity index (χ1n) is 6.17. The van der Waals surface area contributed by atoms with Crippen LogP contribution in [-0.4, -0.2) is 12.4 Å². The van der Waals surface area contributed by atoms with Crippen LogP contribution in [0.25, 0.3) is 0 Å². The summed E-state index contributed by atoms with van der Waals surface area (Å²) in [7, 11) is 0. The van der Waals surface area contributed by atoms with Crippen molar-refractivity contribution in [3.63, 3.8) is 0 Å². The summed E-state index contributed by atoms with van der Waals surface area (Å²) >= 11 is 6.02. The molecule has 0 heterocycles. The Balaban J connectivity index is 2.49. The molecule has 0 amide bonds. The second kappa shape index (κ2) is 6.97. The predicted molar refractivity (Wildman–Crippen MR) is 71.8 cm³/mol. The molecule has 0 saturated heterocycles. The third kappa shape index (κ3) is 3.97. The maximum Gasteiger partial charge on any atom is 0.127 e. The Bertz CT molecular complexity index is 328. The summed E-state index contributed by atoms with van der Waals surface area (Å²) in [5.74, 6) is 0.494. The smallest absolute Gasteiger partial charge is 0.127 e.